The van der Waals surface area contributed by atoms with Crippen LogP contribution < -0.4 is 14.2 Å². The molecule has 0 saturated heterocycles. The number of aromatic nitrogens is 4. The molecule has 0 radical (unpaired) electrons. The third-order valence-corrected chi connectivity index (χ3v) is 5.65. The van der Waals surface area contributed by atoms with Crippen molar-refractivity contribution in [2.24, 2.45) is 0 Å². The second-order valence-electron chi connectivity index (χ2n) is 7.27. The van der Waals surface area contributed by atoms with Gasteiger partial charge in [-0.1, -0.05) is 11.6 Å². The van der Waals surface area contributed by atoms with Gasteiger partial charge in [0.15, 0.2) is 5.75 Å². The molecule has 0 atom stereocenters. The third-order valence-electron chi connectivity index (χ3n) is 4.66. The Labute approximate surface area is 211 Å². The van der Waals surface area contributed by atoms with E-state index in [0.717, 1.165) is 17.3 Å². The minimum atomic E-state index is -3.49. The Morgan fingerprint density at radius 1 is 1.23 bits per heavy atom. The summed E-state index contributed by atoms with van der Waals surface area (Å²) < 4.78 is 37.9. The van der Waals surface area contributed by atoms with Crippen LogP contribution >= 0.6 is 23.2 Å². The first-order valence-electron chi connectivity index (χ1n) is 10.1. The molecule has 0 bridgehead atoms. The predicted molar refractivity (Wildman–Crippen MR) is 131 cm³/mol. The molecule has 35 heavy (non-hydrogen) atoms. The largest absolute Gasteiger partial charge is 0.489 e. The number of nitrogens with zero attached hydrogens (tertiary/aromatic N) is 5. The zero-order valence-electron chi connectivity index (χ0n) is 18.3. The number of anilines is 1. The van der Waals surface area contributed by atoms with Crippen molar-refractivity contribution in [2.75, 3.05) is 23.5 Å². The van der Waals surface area contributed by atoms with E-state index in [9.17, 15) is 13.7 Å². The van der Waals surface area contributed by atoms with E-state index in [1.54, 1.807) is 41.2 Å². The monoisotopic (exact) mass is 532 g/mol. The number of alkyl halides is 1. The molecule has 0 aliphatic carbocycles. The van der Waals surface area contributed by atoms with Crippen molar-refractivity contribution in [3.05, 3.63) is 65.2 Å². The van der Waals surface area contributed by atoms with Crippen LogP contribution in [0.25, 0.3) is 16.6 Å². The van der Waals surface area contributed by atoms with Crippen molar-refractivity contribution >= 4 is 44.7 Å². The van der Waals surface area contributed by atoms with Crippen LogP contribution in [-0.4, -0.2) is 46.7 Å². The lowest BCUT2D eigenvalue weighted by atomic mass is 10.0. The van der Waals surface area contributed by atoms with Crippen LogP contribution in [0.2, 0.25) is 5.02 Å². The number of fused-ring (bicyclic) bond motifs is 1. The summed E-state index contributed by atoms with van der Waals surface area (Å²) in [5.74, 6) is 1.06. The number of pyridine rings is 1. The number of sulfonamides is 1. The summed E-state index contributed by atoms with van der Waals surface area (Å²) in [5, 5.41) is 14.2. The molecule has 1 aromatic carbocycles. The van der Waals surface area contributed by atoms with Gasteiger partial charge in [0, 0.05) is 11.8 Å². The molecule has 0 saturated carbocycles. The summed E-state index contributed by atoms with van der Waals surface area (Å²) in [6, 6.07) is 10.7. The number of hydrogen-bond donors (Lipinski definition) is 1. The Morgan fingerprint density at radius 3 is 2.80 bits per heavy atom. The molecular formula is C22H18Cl2N6O4S. The molecule has 10 nitrogen and oxygen atoms in total. The molecule has 0 aliphatic rings. The first-order chi connectivity index (χ1) is 16.8. The second-order valence-corrected chi connectivity index (χ2v) is 9.80. The molecule has 13 heteroatoms. The van der Waals surface area contributed by atoms with Gasteiger partial charge in [0.25, 0.3) is 0 Å². The predicted octanol–water partition coefficient (Wildman–Crippen LogP) is 3.88. The fourth-order valence-electron chi connectivity index (χ4n) is 3.24. The molecule has 0 aliphatic heterocycles. The van der Waals surface area contributed by atoms with Gasteiger partial charge in [-0.15, -0.1) is 11.6 Å². The van der Waals surface area contributed by atoms with Gasteiger partial charge in [-0.05, 0) is 35.9 Å². The molecule has 0 spiro atoms. The molecule has 0 amide bonds. The van der Waals surface area contributed by atoms with Crippen LogP contribution in [0, 0.1) is 11.3 Å². The van der Waals surface area contributed by atoms with E-state index in [-0.39, 0.29) is 25.0 Å². The molecule has 4 rings (SSSR count). The molecule has 1 N–H and O–H groups in total. The maximum absolute atomic E-state index is 11.4. The van der Waals surface area contributed by atoms with Gasteiger partial charge in [-0.2, -0.15) is 10.4 Å². The van der Waals surface area contributed by atoms with Crippen LogP contribution in [0.4, 0.5) is 5.95 Å². The molecule has 3 aromatic heterocycles. The molecule has 0 unspecified atom stereocenters. The summed E-state index contributed by atoms with van der Waals surface area (Å²) in [4.78, 5) is 8.00. The normalized spacial score (nSPS) is 11.3. The van der Waals surface area contributed by atoms with Crippen molar-refractivity contribution in [1.29, 1.82) is 5.26 Å². The van der Waals surface area contributed by atoms with Crippen LogP contribution in [0.3, 0.4) is 0 Å². The lowest BCUT2D eigenvalue weighted by Gasteiger charge is -2.11. The van der Waals surface area contributed by atoms with E-state index in [2.05, 4.69) is 25.9 Å². The van der Waals surface area contributed by atoms with Crippen molar-refractivity contribution in [1.82, 2.24) is 19.6 Å². The fourth-order valence-corrected chi connectivity index (χ4v) is 4.02. The highest BCUT2D eigenvalue weighted by Crippen LogP contribution is 2.36. The van der Waals surface area contributed by atoms with Crippen LogP contribution in [0.15, 0.2) is 48.9 Å². The molecule has 3 heterocycles. The lowest BCUT2D eigenvalue weighted by molar-refractivity contribution is 0.299. The Bertz CT molecular complexity index is 1530. The van der Waals surface area contributed by atoms with Gasteiger partial charge in [0.1, 0.15) is 25.0 Å². The molecule has 4 aromatic rings. The van der Waals surface area contributed by atoms with Crippen molar-refractivity contribution in [3.8, 4) is 28.7 Å². The summed E-state index contributed by atoms with van der Waals surface area (Å²) in [7, 11) is -3.49. The zero-order valence-corrected chi connectivity index (χ0v) is 20.6. The Balaban J connectivity index is 1.55. The third kappa shape index (κ3) is 5.92. The highest BCUT2D eigenvalue weighted by Gasteiger charge is 2.15. The van der Waals surface area contributed by atoms with E-state index >= 15 is 0 Å². The van der Waals surface area contributed by atoms with Crippen LogP contribution in [0.1, 0.15) is 11.3 Å². The summed E-state index contributed by atoms with van der Waals surface area (Å²) in [5.41, 5.74) is 3.04. The van der Waals surface area contributed by atoms with Crippen LogP contribution in [-0.2, 0) is 16.6 Å². The minimum absolute atomic E-state index is 0.0322. The standard InChI is InChI=1S/C22H18Cl2N6O4S/c1-35(31,32)29-22-26-6-4-16(28-22)13-34-17-2-3-20-18(11-27-30(20)12-17)14-8-15(10-25)21(19(24)9-14)33-7-5-23/h2-4,6,8-9,11-12H,5,7,13H2,1H3,(H,26,28,29). The van der Waals surface area contributed by atoms with Gasteiger partial charge < -0.3 is 9.47 Å². The number of nitriles is 1. The van der Waals surface area contributed by atoms with Gasteiger partial charge in [0.2, 0.25) is 16.0 Å². The van der Waals surface area contributed by atoms with Gasteiger partial charge in [-0.3, -0.25) is 4.72 Å². The minimum Gasteiger partial charge on any atom is -0.489 e. The van der Waals surface area contributed by atoms with E-state index in [1.807, 2.05) is 6.07 Å². The lowest BCUT2D eigenvalue weighted by Crippen LogP contribution is -2.13. The Morgan fingerprint density at radius 2 is 2.06 bits per heavy atom. The number of hydrogen-bond acceptors (Lipinski definition) is 8. The number of ether oxygens (including phenoxy) is 2. The Kier molecular flexibility index (Phi) is 7.25. The second kappa shape index (κ2) is 10.4. The van der Waals surface area contributed by atoms with Gasteiger partial charge >= 0.3 is 0 Å². The van der Waals surface area contributed by atoms with Gasteiger partial charge in [-0.25, -0.2) is 22.9 Å². The Hall–Kier alpha value is -3.59. The van der Waals surface area contributed by atoms with E-state index in [1.165, 1.54) is 6.20 Å². The summed E-state index contributed by atoms with van der Waals surface area (Å²) in [6.45, 7) is 0.324. The smallest absolute Gasteiger partial charge is 0.236 e. The van der Waals surface area contributed by atoms with Crippen LogP contribution in [0.5, 0.6) is 11.5 Å². The van der Waals surface area contributed by atoms with E-state index in [0.29, 0.717) is 33.3 Å². The van der Waals surface area contributed by atoms with E-state index < -0.39 is 10.0 Å². The molecule has 180 valence electrons. The average molecular weight is 533 g/mol. The molecular weight excluding hydrogens is 515 g/mol. The van der Waals surface area contributed by atoms with Crippen molar-refractivity contribution < 1.29 is 17.9 Å². The highest BCUT2D eigenvalue weighted by atomic mass is 35.5. The molecule has 0 fully saturated rings. The van der Waals surface area contributed by atoms with Crippen molar-refractivity contribution in [2.45, 2.75) is 6.61 Å². The number of halogens is 2. The van der Waals surface area contributed by atoms with Gasteiger partial charge in [0.05, 0.1) is 46.3 Å². The zero-order chi connectivity index (χ0) is 25.0. The SMILES string of the molecule is CS(=O)(=O)Nc1nccc(COc2ccc3c(-c4cc(Cl)c(OCCCl)c(C#N)c4)cnn3c2)n1. The number of benzene rings is 1. The highest BCUT2D eigenvalue weighted by molar-refractivity contribution is 7.91. The van der Waals surface area contributed by atoms with E-state index in [4.69, 9.17) is 32.7 Å². The maximum atomic E-state index is 11.4. The van der Waals surface area contributed by atoms with Crippen molar-refractivity contribution in [3.63, 3.8) is 0 Å². The number of nitrogens with one attached hydrogen (secondary N) is 1. The number of rotatable bonds is 9. The quantitative estimate of drug-likeness (QED) is 0.321. The topological polar surface area (TPSA) is 132 Å². The maximum Gasteiger partial charge on any atom is 0.236 e. The fraction of sp³-hybridized carbons (Fsp3) is 0.182. The average Bonchev–Trinajstić information content (AvgIpc) is 3.24. The summed E-state index contributed by atoms with van der Waals surface area (Å²) in [6.07, 6.45) is 5.82. The first-order valence-corrected chi connectivity index (χ1v) is 12.9. The summed E-state index contributed by atoms with van der Waals surface area (Å²) >= 11 is 12.0. The first kappa shape index (κ1) is 24.5.